The Kier molecular flexibility index (Phi) is 7.01. The van der Waals surface area contributed by atoms with Crippen molar-refractivity contribution in [3.05, 3.63) is 181 Å². The van der Waals surface area contributed by atoms with E-state index in [4.69, 9.17) is 14.4 Å². The van der Waals surface area contributed by atoms with Gasteiger partial charge in [-0.1, -0.05) is 152 Å². The van der Waals surface area contributed by atoms with E-state index in [9.17, 15) is 0 Å². The summed E-state index contributed by atoms with van der Waals surface area (Å²) in [6.07, 6.45) is 6.89. The number of para-hydroxylation sites is 1. The minimum atomic E-state index is 0.0658. The highest BCUT2D eigenvalue weighted by molar-refractivity contribution is 6.15. The molecule has 10 aromatic rings. The first-order valence-corrected chi connectivity index (χ1v) is 22.2. The lowest BCUT2D eigenvalue weighted by atomic mass is 9.43. The summed E-state index contributed by atoms with van der Waals surface area (Å²) in [5, 5.41) is 4.62. The van der Waals surface area contributed by atoms with Crippen LogP contribution in [0.5, 0.6) is 0 Å². The van der Waals surface area contributed by atoms with Crippen molar-refractivity contribution in [2.24, 2.45) is 23.7 Å². The lowest BCUT2D eigenvalue weighted by Gasteiger charge is -2.61. The van der Waals surface area contributed by atoms with Crippen LogP contribution in [0.3, 0.4) is 0 Å². The molecule has 0 aliphatic heterocycles. The normalized spacial score (nSPS) is 22.2. The highest BCUT2D eigenvalue weighted by Crippen LogP contribution is 2.70. The van der Waals surface area contributed by atoms with Crippen LogP contribution in [-0.2, 0) is 5.41 Å². The van der Waals surface area contributed by atoms with Crippen molar-refractivity contribution in [2.75, 3.05) is 0 Å². The average molecular weight is 783 g/mol. The standard InChI is InChI=1S/C58H42N2O/c1-2-12-38(13-3-1)56-55(59-49-28-25-36-11-4-5-14-42(36)57(49)60-56)39-23-21-37(22-24-39)52-44(43-17-10-20-51-53(43)46-16-7-9-19-50(46)61-51)26-27-48-54(52)45-15-6-8-18-47(45)58(48)40-30-34-29-35(32-40)33-41(58)31-34/h1-28,34-35,40-41H,29-33H2. The molecule has 2 aromatic heterocycles. The van der Waals surface area contributed by atoms with Crippen LogP contribution in [0.4, 0.5) is 0 Å². The third-order valence-electron chi connectivity index (χ3n) is 15.5. The summed E-state index contributed by atoms with van der Waals surface area (Å²) in [6.45, 7) is 0. The summed E-state index contributed by atoms with van der Waals surface area (Å²) >= 11 is 0. The fourth-order valence-electron chi connectivity index (χ4n) is 13.3. The second-order valence-corrected chi connectivity index (χ2v) is 18.4. The predicted molar refractivity (Wildman–Crippen MR) is 249 cm³/mol. The molecule has 3 heteroatoms. The molecule has 0 atom stereocenters. The molecule has 0 saturated heterocycles. The van der Waals surface area contributed by atoms with Gasteiger partial charge in [-0.3, -0.25) is 0 Å². The van der Waals surface area contributed by atoms with Crippen LogP contribution >= 0.6 is 0 Å². The number of benzene rings is 8. The van der Waals surface area contributed by atoms with Gasteiger partial charge in [-0.2, -0.15) is 0 Å². The van der Waals surface area contributed by atoms with Crippen LogP contribution in [0.15, 0.2) is 174 Å². The quantitative estimate of drug-likeness (QED) is 0.167. The number of rotatable bonds is 4. The van der Waals surface area contributed by atoms with Crippen LogP contribution in [0.2, 0.25) is 0 Å². The second kappa shape index (κ2) is 12.6. The van der Waals surface area contributed by atoms with Gasteiger partial charge in [-0.05, 0) is 124 Å². The van der Waals surface area contributed by atoms with E-state index in [0.29, 0.717) is 11.8 Å². The molecule has 4 fully saturated rings. The summed E-state index contributed by atoms with van der Waals surface area (Å²) in [6, 6.07) is 62.2. The Labute approximate surface area is 354 Å². The SMILES string of the molecule is c1ccc(-c2nc3c(ccc4ccccc43)nc2-c2ccc(-c3c(-c4cccc5oc6ccccc6c45)ccc4c3-c3ccccc3C43C4CC5CC(C4)CC3C5)cc2)cc1. The molecule has 4 saturated carbocycles. The Morgan fingerprint density at radius 2 is 1.08 bits per heavy atom. The van der Waals surface area contributed by atoms with E-state index in [1.54, 1.807) is 11.1 Å². The maximum Gasteiger partial charge on any atom is 0.136 e. The van der Waals surface area contributed by atoms with E-state index < -0.39 is 0 Å². The van der Waals surface area contributed by atoms with Gasteiger partial charge in [0.25, 0.3) is 0 Å². The van der Waals surface area contributed by atoms with E-state index in [1.165, 1.54) is 76.3 Å². The molecule has 3 nitrogen and oxygen atoms in total. The molecule has 5 aliphatic carbocycles. The van der Waals surface area contributed by atoms with Crippen molar-refractivity contribution in [3.8, 4) is 55.9 Å². The maximum absolute atomic E-state index is 6.52. The molecule has 2 heterocycles. The molecule has 1 spiro atoms. The van der Waals surface area contributed by atoms with E-state index in [-0.39, 0.29) is 5.41 Å². The van der Waals surface area contributed by atoms with E-state index >= 15 is 0 Å². The third-order valence-corrected chi connectivity index (χ3v) is 15.5. The topological polar surface area (TPSA) is 38.9 Å². The molecule has 0 amide bonds. The molecule has 290 valence electrons. The Hall–Kier alpha value is -6.84. The van der Waals surface area contributed by atoms with Crippen LogP contribution < -0.4 is 0 Å². The van der Waals surface area contributed by atoms with Gasteiger partial charge in [0.2, 0.25) is 0 Å². The van der Waals surface area contributed by atoms with Crippen molar-refractivity contribution < 1.29 is 4.42 Å². The molecular formula is C58H42N2O. The Morgan fingerprint density at radius 3 is 1.92 bits per heavy atom. The first-order valence-electron chi connectivity index (χ1n) is 22.2. The molecule has 0 radical (unpaired) electrons. The van der Waals surface area contributed by atoms with Crippen LogP contribution in [0, 0.1) is 23.7 Å². The third kappa shape index (κ3) is 4.69. The fraction of sp³-hybridized carbons (Fsp3) is 0.172. The molecule has 0 unspecified atom stereocenters. The summed E-state index contributed by atoms with van der Waals surface area (Å²) in [7, 11) is 0. The van der Waals surface area contributed by atoms with Gasteiger partial charge in [-0.25, -0.2) is 9.97 Å². The van der Waals surface area contributed by atoms with Crippen molar-refractivity contribution in [1.82, 2.24) is 9.97 Å². The van der Waals surface area contributed by atoms with Crippen LogP contribution in [-0.4, -0.2) is 9.97 Å². The summed E-state index contributed by atoms with van der Waals surface area (Å²) in [5.41, 5.74) is 18.7. The molecular weight excluding hydrogens is 741 g/mol. The number of hydrogen-bond acceptors (Lipinski definition) is 3. The Morgan fingerprint density at radius 1 is 0.426 bits per heavy atom. The maximum atomic E-state index is 6.52. The lowest BCUT2D eigenvalue weighted by molar-refractivity contribution is -0.0399. The van der Waals surface area contributed by atoms with Gasteiger partial charge in [-0.15, -0.1) is 0 Å². The molecule has 5 aliphatic rings. The summed E-state index contributed by atoms with van der Waals surface area (Å²) < 4.78 is 6.52. The van der Waals surface area contributed by atoms with Crippen molar-refractivity contribution in [3.63, 3.8) is 0 Å². The van der Waals surface area contributed by atoms with Gasteiger partial charge < -0.3 is 4.42 Å². The number of furan rings is 1. The summed E-state index contributed by atoms with van der Waals surface area (Å²) in [5.74, 6) is 3.16. The first kappa shape index (κ1) is 33.9. The number of hydrogen-bond donors (Lipinski definition) is 0. The van der Waals surface area contributed by atoms with Gasteiger partial charge in [0.1, 0.15) is 11.2 Å². The van der Waals surface area contributed by atoms with E-state index in [2.05, 4.69) is 170 Å². The summed E-state index contributed by atoms with van der Waals surface area (Å²) in [4.78, 5) is 10.8. The number of aromatic nitrogens is 2. The predicted octanol–water partition coefficient (Wildman–Crippen LogP) is 15.1. The smallest absolute Gasteiger partial charge is 0.136 e. The van der Waals surface area contributed by atoms with Crippen molar-refractivity contribution in [2.45, 2.75) is 37.5 Å². The molecule has 0 N–H and O–H groups in total. The van der Waals surface area contributed by atoms with Crippen LogP contribution in [0.25, 0.3) is 99.6 Å². The Bertz CT molecular complexity index is 3400. The van der Waals surface area contributed by atoms with E-state index in [1.807, 2.05) is 0 Å². The second-order valence-electron chi connectivity index (χ2n) is 18.4. The highest BCUT2D eigenvalue weighted by atomic mass is 16.3. The molecule has 61 heavy (non-hydrogen) atoms. The highest BCUT2D eigenvalue weighted by Gasteiger charge is 2.61. The first-order chi connectivity index (χ1) is 30.2. The molecule has 8 aromatic carbocycles. The average Bonchev–Trinajstić information content (AvgIpc) is 3.84. The fourth-order valence-corrected chi connectivity index (χ4v) is 13.3. The zero-order valence-corrected chi connectivity index (χ0v) is 33.8. The zero-order chi connectivity index (χ0) is 39.8. The number of fused-ring (bicyclic) bond motifs is 9. The molecule has 4 bridgehead atoms. The van der Waals surface area contributed by atoms with Crippen molar-refractivity contribution in [1.29, 1.82) is 0 Å². The minimum Gasteiger partial charge on any atom is -0.456 e. The Balaban J connectivity index is 1.02. The lowest BCUT2D eigenvalue weighted by Crippen LogP contribution is -2.55. The van der Waals surface area contributed by atoms with Crippen LogP contribution in [0.1, 0.15) is 43.2 Å². The number of nitrogens with zero attached hydrogens (tertiary/aromatic N) is 2. The van der Waals surface area contributed by atoms with Gasteiger partial charge in [0.15, 0.2) is 0 Å². The largest absolute Gasteiger partial charge is 0.456 e. The van der Waals surface area contributed by atoms with Gasteiger partial charge in [0.05, 0.1) is 22.4 Å². The van der Waals surface area contributed by atoms with E-state index in [0.717, 1.165) is 67.3 Å². The monoisotopic (exact) mass is 782 g/mol. The van der Waals surface area contributed by atoms with Crippen molar-refractivity contribution >= 4 is 43.7 Å². The zero-order valence-electron chi connectivity index (χ0n) is 33.8. The minimum absolute atomic E-state index is 0.0658. The molecule has 15 rings (SSSR count). The van der Waals surface area contributed by atoms with Gasteiger partial charge in [0, 0.05) is 32.7 Å². The van der Waals surface area contributed by atoms with Gasteiger partial charge >= 0.3 is 0 Å².